The van der Waals surface area contributed by atoms with E-state index in [1.165, 1.54) is 58.8 Å². The Morgan fingerprint density at radius 1 is 0.725 bits per heavy atom. The van der Waals surface area contributed by atoms with Gasteiger partial charge in [0.05, 0.1) is 28.4 Å². The maximum absolute atomic E-state index is 13.1. The van der Waals surface area contributed by atoms with E-state index in [9.17, 15) is 22.8 Å². The number of hydrogen-bond donors (Lipinski definition) is 0. The summed E-state index contributed by atoms with van der Waals surface area (Å²) in [5, 5.41) is 0. The number of aryl methyl sites for hydroxylation is 1. The Kier molecular flexibility index (Phi) is 14.1. The van der Waals surface area contributed by atoms with Gasteiger partial charge in [0.2, 0.25) is 11.5 Å². The summed E-state index contributed by atoms with van der Waals surface area (Å²) in [5.74, 6) is -0.438. The summed E-state index contributed by atoms with van der Waals surface area (Å²) in [7, 11) is -4.60. The van der Waals surface area contributed by atoms with Gasteiger partial charge in [-0.1, -0.05) is 29.8 Å². The smallest absolute Gasteiger partial charge is 0.780 e. The van der Waals surface area contributed by atoms with Gasteiger partial charge in [-0.2, -0.15) is 8.42 Å². The van der Waals surface area contributed by atoms with E-state index in [4.69, 9.17) is 23.1 Å². The van der Waals surface area contributed by atoms with Crippen molar-refractivity contribution in [2.75, 3.05) is 28.4 Å². The van der Waals surface area contributed by atoms with Gasteiger partial charge in [0.25, 0.3) is 0 Å². The molecule has 3 aromatic rings. The van der Waals surface area contributed by atoms with E-state index >= 15 is 0 Å². The molecule has 0 aromatic heterocycles. The van der Waals surface area contributed by atoms with Crippen molar-refractivity contribution in [3.8, 4) is 34.5 Å². The van der Waals surface area contributed by atoms with Crippen molar-refractivity contribution in [3.63, 3.8) is 0 Å². The molecule has 0 aliphatic carbocycles. The third kappa shape index (κ3) is 9.15. The Morgan fingerprint density at radius 3 is 1.75 bits per heavy atom. The Bertz CT molecular complexity index is 1460. The Labute approximate surface area is 277 Å². The molecule has 0 spiro atoms. The van der Waals surface area contributed by atoms with E-state index in [2.05, 4.69) is 4.52 Å². The SMILES string of the molecule is COc1cc(/C=C/c2ccc(OC)c(OP(=O)([O-])[O-])c2OS(=O)(=O)c2ccc(C)cc2)cc(OC)c1OC.[Na+].[Na+]. The number of ether oxygens (including phenoxy) is 4. The quantitative estimate of drug-likeness (QED) is 0.0957. The van der Waals surface area contributed by atoms with Crippen molar-refractivity contribution < 1.29 is 110 Å². The summed E-state index contributed by atoms with van der Waals surface area (Å²) in [6, 6.07) is 11.7. The molecule has 0 radical (unpaired) electrons. The summed E-state index contributed by atoms with van der Waals surface area (Å²) in [6.45, 7) is 1.78. The van der Waals surface area contributed by atoms with E-state index < -0.39 is 29.4 Å². The third-order valence-electron chi connectivity index (χ3n) is 5.17. The van der Waals surface area contributed by atoms with Crippen LogP contribution in [0.3, 0.4) is 0 Å². The van der Waals surface area contributed by atoms with Gasteiger partial charge in [0.1, 0.15) is 12.7 Å². The van der Waals surface area contributed by atoms with Gasteiger partial charge in [0.15, 0.2) is 23.0 Å². The van der Waals surface area contributed by atoms with Crippen LogP contribution in [-0.2, 0) is 14.7 Å². The molecule has 0 aliphatic heterocycles. The van der Waals surface area contributed by atoms with E-state index in [0.29, 0.717) is 22.8 Å². The van der Waals surface area contributed by atoms with E-state index in [-0.39, 0.29) is 75.3 Å². The molecule has 0 amide bonds. The van der Waals surface area contributed by atoms with Crippen LogP contribution in [0.25, 0.3) is 12.2 Å². The molecule has 0 saturated heterocycles. The molecule has 204 valence electrons. The average Bonchev–Trinajstić information content (AvgIpc) is 2.87. The van der Waals surface area contributed by atoms with E-state index in [1.807, 2.05) is 0 Å². The normalized spacial score (nSPS) is 11.2. The molecule has 40 heavy (non-hydrogen) atoms. The van der Waals surface area contributed by atoms with Crippen molar-refractivity contribution in [1.29, 1.82) is 0 Å². The molecule has 0 fully saturated rings. The van der Waals surface area contributed by atoms with Crippen LogP contribution in [-0.4, -0.2) is 36.9 Å². The number of phosphoric acid groups is 1. The van der Waals surface area contributed by atoms with Gasteiger partial charge in [-0.15, -0.1) is 0 Å². The summed E-state index contributed by atoms with van der Waals surface area (Å²) in [6.07, 6.45) is 2.98. The molecular formula is C25H25Na2O11PS. The topological polar surface area (TPSA) is 153 Å². The predicted octanol–water partition coefficient (Wildman–Crippen LogP) is -2.82. The summed E-state index contributed by atoms with van der Waals surface area (Å²) < 4.78 is 68.7. The van der Waals surface area contributed by atoms with Crippen LogP contribution in [0.1, 0.15) is 16.7 Å². The maximum atomic E-state index is 13.1. The first-order valence-corrected chi connectivity index (χ1v) is 13.7. The summed E-state index contributed by atoms with van der Waals surface area (Å²) >= 11 is 0. The fraction of sp³-hybridized carbons (Fsp3) is 0.200. The molecule has 0 heterocycles. The second-order valence-corrected chi connectivity index (χ2v) is 10.3. The predicted molar refractivity (Wildman–Crippen MR) is 135 cm³/mol. The van der Waals surface area contributed by atoms with Crippen LogP contribution in [0.2, 0.25) is 0 Å². The minimum absolute atomic E-state index is 0. The Morgan fingerprint density at radius 2 is 1.27 bits per heavy atom. The fourth-order valence-corrected chi connectivity index (χ4v) is 4.74. The van der Waals surface area contributed by atoms with E-state index in [1.54, 1.807) is 37.3 Å². The molecule has 15 heteroatoms. The van der Waals surface area contributed by atoms with Gasteiger partial charge >= 0.3 is 69.2 Å². The van der Waals surface area contributed by atoms with Gasteiger partial charge in [0, 0.05) is 5.56 Å². The molecule has 0 saturated carbocycles. The first kappa shape index (κ1) is 36.3. The van der Waals surface area contributed by atoms with Crippen molar-refractivity contribution in [1.82, 2.24) is 0 Å². The minimum atomic E-state index is -5.65. The zero-order valence-corrected chi connectivity index (χ0v) is 28.8. The Balaban J connectivity index is 0.00000400. The maximum Gasteiger partial charge on any atom is 1.00 e. The first-order chi connectivity index (χ1) is 17.9. The van der Waals surface area contributed by atoms with E-state index in [0.717, 1.165) is 5.56 Å². The molecule has 0 bridgehead atoms. The summed E-state index contributed by atoms with van der Waals surface area (Å²) in [5.41, 5.74) is 1.41. The van der Waals surface area contributed by atoms with Crippen molar-refractivity contribution in [2.24, 2.45) is 0 Å². The largest absolute Gasteiger partial charge is 1.00 e. The minimum Gasteiger partial charge on any atom is -0.780 e. The van der Waals surface area contributed by atoms with Crippen LogP contribution >= 0.6 is 7.82 Å². The van der Waals surface area contributed by atoms with Gasteiger partial charge in [-0.25, -0.2) is 0 Å². The summed E-state index contributed by atoms with van der Waals surface area (Å²) in [4.78, 5) is 22.8. The average molecular weight is 610 g/mol. The van der Waals surface area contributed by atoms with Crippen LogP contribution in [0, 0.1) is 6.92 Å². The molecule has 11 nitrogen and oxygen atoms in total. The van der Waals surface area contributed by atoms with Gasteiger partial charge < -0.3 is 42.0 Å². The van der Waals surface area contributed by atoms with Crippen LogP contribution < -0.4 is 96.6 Å². The third-order valence-corrected chi connectivity index (χ3v) is 6.82. The van der Waals surface area contributed by atoms with Crippen LogP contribution in [0.15, 0.2) is 53.4 Å². The number of methoxy groups -OCH3 is 4. The number of hydrogen-bond acceptors (Lipinski definition) is 11. The number of benzene rings is 3. The fourth-order valence-electron chi connectivity index (χ4n) is 3.38. The molecule has 0 atom stereocenters. The van der Waals surface area contributed by atoms with Crippen LogP contribution in [0.4, 0.5) is 0 Å². The van der Waals surface area contributed by atoms with Crippen LogP contribution in [0.5, 0.6) is 34.5 Å². The van der Waals surface area contributed by atoms with Crippen molar-refractivity contribution >= 4 is 30.1 Å². The van der Waals surface area contributed by atoms with Gasteiger partial charge in [-0.05, 0) is 48.9 Å². The van der Waals surface area contributed by atoms with Crippen molar-refractivity contribution in [3.05, 3.63) is 65.2 Å². The zero-order valence-electron chi connectivity index (χ0n) is 23.1. The first-order valence-electron chi connectivity index (χ1n) is 10.8. The van der Waals surface area contributed by atoms with Crippen molar-refractivity contribution in [2.45, 2.75) is 11.8 Å². The molecule has 3 rings (SSSR count). The second kappa shape index (κ2) is 15.5. The number of phosphoric ester groups is 1. The molecule has 3 aromatic carbocycles. The molecule has 0 unspecified atom stereocenters. The zero-order chi connectivity index (χ0) is 28.1. The second-order valence-electron chi connectivity index (χ2n) is 7.70. The standard InChI is InChI=1S/C25H27O11PS.2Na/c1-16-6-11-19(12-7-16)38(29,30)36-23-18(10-13-20(31-2)25(23)35-37(26,27)28)9-8-17-14-21(32-3)24(34-5)22(15-17)33-4;;/h6-15H,1-5H3,(H2,26,27,28);;/q;2*+1/p-2/b9-8+;;. The monoisotopic (exact) mass is 610 g/mol. The molecular weight excluding hydrogens is 585 g/mol. The molecule has 0 aliphatic rings. The van der Waals surface area contributed by atoms with Gasteiger partial charge in [-0.3, -0.25) is 0 Å². The Hall–Kier alpha value is -1.70. The molecule has 0 N–H and O–H groups in total. The number of rotatable bonds is 11.